The maximum absolute atomic E-state index is 12.4. The summed E-state index contributed by atoms with van der Waals surface area (Å²) in [6.45, 7) is 0. The summed E-state index contributed by atoms with van der Waals surface area (Å²) in [7, 11) is 0. The van der Waals surface area contributed by atoms with E-state index in [4.69, 9.17) is 5.73 Å². The lowest BCUT2D eigenvalue weighted by molar-refractivity contribution is -0.115. The number of carbonyl (C=O) groups excluding carboxylic acids is 2. The molecule has 0 atom stereocenters. The summed E-state index contributed by atoms with van der Waals surface area (Å²) in [5.41, 5.74) is 11.8. The Morgan fingerprint density at radius 1 is 1.03 bits per heavy atom. The monoisotopic (exact) mass is 397 g/mol. The van der Waals surface area contributed by atoms with E-state index in [1.807, 2.05) is 48.7 Å². The summed E-state index contributed by atoms with van der Waals surface area (Å²) in [6.07, 6.45) is 3.39. The minimum absolute atomic E-state index is 0.0904. The highest BCUT2D eigenvalue weighted by molar-refractivity contribution is 6.01. The van der Waals surface area contributed by atoms with E-state index in [2.05, 4.69) is 15.4 Å². The Morgan fingerprint density at radius 2 is 1.87 bits per heavy atom. The normalized spacial score (nSPS) is 12.9. The fraction of sp³-hybridized carbons (Fsp3) is 0.130. The molecule has 0 radical (unpaired) electrons. The number of hydrogen-bond donors (Lipinski definition) is 2. The van der Waals surface area contributed by atoms with E-state index in [1.165, 1.54) is 0 Å². The number of rotatable bonds is 4. The Kier molecular flexibility index (Phi) is 4.28. The number of nitrogens with zero attached hydrogens (tertiary/aromatic N) is 3. The van der Waals surface area contributed by atoms with Crippen molar-refractivity contribution in [3.63, 3.8) is 0 Å². The van der Waals surface area contributed by atoms with Gasteiger partial charge in [-0.25, -0.2) is 4.52 Å². The van der Waals surface area contributed by atoms with Gasteiger partial charge < -0.3 is 11.1 Å². The van der Waals surface area contributed by atoms with Crippen LogP contribution < -0.4 is 11.1 Å². The number of amides is 1. The van der Waals surface area contributed by atoms with E-state index < -0.39 is 0 Å². The van der Waals surface area contributed by atoms with Gasteiger partial charge in [0.1, 0.15) is 0 Å². The van der Waals surface area contributed by atoms with E-state index in [-0.39, 0.29) is 24.1 Å². The summed E-state index contributed by atoms with van der Waals surface area (Å²) in [6, 6.07) is 17.2. The first-order valence-corrected chi connectivity index (χ1v) is 9.72. The highest BCUT2D eigenvalue weighted by atomic mass is 16.1. The summed E-state index contributed by atoms with van der Waals surface area (Å²) in [4.78, 5) is 28.4. The average Bonchev–Trinajstić information content (AvgIpc) is 3.29. The fourth-order valence-electron chi connectivity index (χ4n) is 3.82. The summed E-state index contributed by atoms with van der Waals surface area (Å²) in [5.74, 6) is 0.324. The quantitative estimate of drug-likeness (QED) is 0.550. The number of carbonyl (C=O) groups is 2. The predicted molar refractivity (Wildman–Crippen MR) is 114 cm³/mol. The number of anilines is 2. The van der Waals surface area contributed by atoms with Crippen molar-refractivity contribution in [2.75, 3.05) is 11.1 Å². The van der Waals surface area contributed by atoms with Crippen molar-refractivity contribution >= 4 is 29.0 Å². The Balaban J connectivity index is 1.27. The molecule has 0 unspecified atom stereocenters. The van der Waals surface area contributed by atoms with Crippen molar-refractivity contribution in [2.45, 2.75) is 19.3 Å². The van der Waals surface area contributed by atoms with Crippen LogP contribution in [0.25, 0.3) is 16.8 Å². The van der Waals surface area contributed by atoms with Crippen LogP contribution in [0.4, 0.5) is 11.6 Å². The molecular formula is C23H19N5O2. The van der Waals surface area contributed by atoms with Crippen molar-refractivity contribution in [1.29, 1.82) is 0 Å². The smallest absolute Gasteiger partial charge is 0.240 e. The third kappa shape index (κ3) is 3.41. The second-order valence-corrected chi connectivity index (χ2v) is 7.41. The molecule has 0 bridgehead atoms. The number of nitrogen functional groups attached to an aromatic ring is 1. The first-order chi connectivity index (χ1) is 14.5. The molecule has 0 fully saturated rings. The molecule has 0 aliphatic heterocycles. The molecule has 0 spiro atoms. The molecular weight excluding hydrogens is 378 g/mol. The molecule has 4 aromatic rings. The van der Waals surface area contributed by atoms with E-state index in [0.717, 1.165) is 39.9 Å². The van der Waals surface area contributed by atoms with Crippen molar-refractivity contribution < 1.29 is 9.59 Å². The second kappa shape index (κ2) is 7.11. The van der Waals surface area contributed by atoms with Gasteiger partial charge in [-0.3, -0.25) is 9.59 Å². The number of benzene rings is 2. The lowest BCUT2D eigenvalue weighted by Crippen LogP contribution is -2.14. The van der Waals surface area contributed by atoms with Gasteiger partial charge in [-0.2, -0.15) is 4.98 Å². The Morgan fingerprint density at radius 3 is 2.70 bits per heavy atom. The molecule has 1 amide bonds. The van der Waals surface area contributed by atoms with E-state index in [0.29, 0.717) is 12.1 Å². The Hall–Kier alpha value is -4.00. The minimum atomic E-state index is -0.0904. The van der Waals surface area contributed by atoms with Crippen molar-refractivity contribution in [3.8, 4) is 11.1 Å². The lowest BCUT2D eigenvalue weighted by Gasteiger charge is -2.08. The summed E-state index contributed by atoms with van der Waals surface area (Å²) in [5, 5.41) is 7.00. The van der Waals surface area contributed by atoms with Crippen LogP contribution >= 0.6 is 0 Å². The molecule has 148 valence electrons. The highest BCUT2D eigenvalue weighted by Crippen LogP contribution is 2.25. The molecule has 2 aromatic carbocycles. The molecule has 3 N–H and O–H groups in total. The number of aromatic nitrogens is 3. The van der Waals surface area contributed by atoms with Gasteiger partial charge in [-0.1, -0.05) is 24.3 Å². The van der Waals surface area contributed by atoms with E-state index >= 15 is 0 Å². The predicted octanol–water partition coefficient (Wildman–Crippen LogP) is 3.29. The number of ketones is 1. The average molecular weight is 397 g/mol. The van der Waals surface area contributed by atoms with Crippen LogP contribution in [0.5, 0.6) is 0 Å². The molecule has 2 aromatic heterocycles. The first-order valence-electron chi connectivity index (χ1n) is 9.72. The molecule has 7 nitrogen and oxygen atoms in total. The molecule has 30 heavy (non-hydrogen) atoms. The van der Waals surface area contributed by atoms with Gasteiger partial charge in [0.25, 0.3) is 0 Å². The van der Waals surface area contributed by atoms with Gasteiger partial charge in [-0.05, 0) is 59.0 Å². The van der Waals surface area contributed by atoms with Crippen molar-refractivity contribution in [1.82, 2.24) is 14.6 Å². The van der Waals surface area contributed by atoms with Crippen LogP contribution in [0.1, 0.15) is 27.9 Å². The zero-order valence-electron chi connectivity index (χ0n) is 16.1. The van der Waals surface area contributed by atoms with E-state index in [1.54, 1.807) is 16.6 Å². The van der Waals surface area contributed by atoms with Crippen LogP contribution in [-0.4, -0.2) is 26.3 Å². The van der Waals surface area contributed by atoms with E-state index in [9.17, 15) is 9.59 Å². The molecule has 1 aliphatic carbocycles. The standard InChI is InChI=1S/C23H19N5O2/c24-23-26-21-13-16(9-10-28(21)27-23)15-3-1-14(2-4-15)11-22(30)25-18-6-7-19-17(12-18)5-8-20(19)29/h1-4,6-7,9-10,12-13H,5,8,11H2,(H2,24,27)(H,25,30). The zero-order valence-corrected chi connectivity index (χ0v) is 16.1. The Bertz CT molecular complexity index is 1290. The number of hydrogen-bond acceptors (Lipinski definition) is 5. The maximum Gasteiger partial charge on any atom is 0.240 e. The zero-order chi connectivity index (χ0) is 20.7. The number of fused-ring (bicyclic) bond motifs is 2. The number of Topliss-reactive ketones (excluding diaryl/α,β-unsaturated/α-hetero) is 1. The van der Waals surface area contributed by atoms with Crippen molar-refractivity contribution in [2.24, 2.45) is 0 Å². The van der Waals surface area contributed by atoms with Crippen LogP contribution in [-0.2, 0) is 17.6 Å². The van der Waals surface area contributed by atoms with Gasteiger partial charge in [-0.15, -0.1) is 5.10 Å². The largest absolute Gasteiger partial charge is 0.366 e. The minimum Gasteiger partial charge on any atom is -0.366 e. The lowest BCUT2D eigenvalue weighted by atomic mass is 10.0. The van der Waals surface area contributed by atoms with Gasteiger partial charge in [0.2, 0.25) is 11.9 Å². The molecule has 7 heteroatoms. The third-order valence-electron chi connectivity index (χ3n) is 5.32. The molecule has 5 rings (SSSR count). The second-order valence-electron chi connectivity index (χ2n) is 7.41. The molecule has 0 saturated carbocycles. The maximum atomic E-state index is 12.4. The summed E-state index contributed by atoms with van der Waals surface area (Å²) < 4.78 is 1.63. The first kappa shape index (κ1) is 18.1. The number of nitrogens with one attached hydrogen (secondary N) is 1. The SMILES string of the molecule is Nc1nc2cc(-c3ccc(CC(=O)Nc4ccc5c(c4)CCC5=O)cc3)ccn2n1. The van der Waals surface area contributed by atoms with Gasteiger partial charge in [0.15, 0.2) is 11.4 Å². The number of aryl methyl sites for hydroxylation is 1. The van der Waals surface area contributed by atoms with Crippen LogP contribution in [0.3, 0.4) is 0 Å². The van der Waals surface area contributed by atoms with Crippen LogP contribution in [0.15, 0.2) is 60.8 Å². The topological polar surface area (TPSA) is 102 Å². The molecule has 1 aliphatic rings. The number of nitrogens with two attached hydrogens (primary N) is 1. The summed E-state index contributed by atoms with van der Waals surface area (Å²) >= 11 is 0. The fourth-order valence-corrected chi connectivity index (χ4v) is 3.82. The highest BCUT2D eigenvalue weighted by Gasteiger charge is 2.19. The molecule has 2 heterocycles. The van der Waals surface area contributed by atoms with Gasteiger partial charge in [0.05, 0.1) is 6.42 Å². The van der Waals surface area contributed by atoms with Gasteiger partial charge >= 0.3 is 0 Å². The molecule has 0 saturated heterocycles. The Labute approximate surface area is 172 Å². The van der Waals surface area contributed by atoms with Gasteiger partial charge in [0, 0.05) is 23.9 Å². The van der Waals surface area contributed by atoms with Crippen LogP contribution in [0.2, 0.25) is 0 Å². The van der Waals surface area contributed by atoms with Crippen molar-refractivity contribution in [3.05, 3.63) is 77.5 Å². The van der Waals surface area contributed by atoms with Crippen LogP contribution in [0, 0.1) is 0 Å². The third-order valence-corrected chi connectivity index (χ3v) is 5.32. The number of pyridine rings is 1.